The zero-order valence-corrected chi connectivity index (χ0v) is 17.5. The number of aromatic nitrogens is 2. The second-order valence-corrected chi connectivity index (χ2v) is 6.50. The normalized spacial score (nSPS) is 10.7. The number of aromatic hydroxyl groups is 1. The molecule has 12 heteroatoms. The van der Waals surface area contributed by atoms with Crippen molar-refractivity contribution >= 4 is 46.4 Å². The predicted octanol–water partition coefficient (Wildman–Crippen LogP) is 2.11. The van der Waals surface area contributed by atoms with Crippen LogP contribution in [0.25, 0.3) is 12.2 Å². The molecule has 0 amide bonds. The average molecular weight is 517 g/mol. The highest BCUT2D eigenvalue weighted by molar-refractivity contribution is 14.1. The summed E-state index contributed by atoms with van der Waals surface area (Å²) in [6.45, 7) is 1.85. The molecule has 1 aromatic heterocycles. The highest BCUT2D eigenvalue weighted by Crippen LogP contribution is 2.35. The van der Waals surface area contributed by atoms with Crippen molar-refractivity contribution in [2.45, 2.75) is 6.92 Å². The summed E-state index contributed by atoms with van der Waals surface area (Å²) in [5.74, 6) is -0.836. The number of halogens is 1. The number of benzene rings is 1. The number of methoxy groups -OCH3 is 1. The van der Waals surface area contributed by atoms with Gasteiger partial charge in [0.25, 0.3) is 5.88 Å². The maximum atomic E-state index is 11.7. The standard InChI is InChI=1S/C17H16IN3O8/c1-3-28-11-7-9(6-10(18)15(11)29-8-13(22)27-2)4-5-12-19-16(23)14(21(25)26)17(24)20-12/h4-7H,3,8H2,1-2H3,(H2,19,20,23,24)/b5-4-. The fourth-order valence-electron chi connectivity index (χ4n) is 2.17. The molecule has 29 heavy (non-hydrogen) atoms. The van der Waals surface area contributed by atoms with Gasteiger partial charge in [0, 0.05) is 0 Å². The van der Waals surface area contributed by atoms with Gasteiger partial charge in [0.2, 0.25) is 0 Å². The topological polar surface area (TPSA) is 154 Å². The van der Waals surface area contributed by atoms with Crippen LogP contribution in [0.15, 0.2) is 16.9 Å². The lowest BCUT2D eigenvalue weighted by Gasteiger charge is -2.14. The van der Waals surface area contributed by atoms with Crippen LogP contribution in [0.2, 0.25) is 0 Å². The molecule has 0 spiro atoms. The Balaban J connectivity index is 2.34. The number of nitro groups is 1. The van der Waals surface area contributed by atoms with Gasteiger partial charge in [-0.2, -0.15) is 4.98 Å². The first-order valence-corrected chi connectivity index (χ1v) is 9.16. The zero-order valence-electron chi connectivity index (χ0n) is 15.3. The van der Waals surface area contributed by atoms with Crippen molar-refractivity contribution in [2.75, 3.05) is 20.3 Å². The van der Waals surface area contributed by atoms with Crippen molar-refractivity contribution in [3.8, 4) is 17.4 Å². The number of hydrogen-bond acceptors (Lipinski definition) is 9. The molecule has 0 bridgehead atoms. The Hall–Kier alpha value is -3.16. The third-order valence-electron chi connectivity index (χ3n) is 3.40. The first-order valence-electron chi connectivity index (χ1n) is 8.08. The molecule has 154 valence electrons. The van der Waals surface area contributed by atoms with Gasteiger partial charge in [-0.25, -0.2) is 4.79 Å². The summed E-state index contributed by atoms with van der Waals surface area (Å²) in [6, 6.07) is 3.35. The monoisotopic (exact) mass is 517 g/mol. The summed E-state index contributed by atoms with van der Waals surface area (Å²) < 4.78 is 16.2. The molecule has 2 aromatic rings. The molecule has 0 saturated carbocycles. The summed E-state index contributed by atoms with van der Waals surface area (Å²) in [5, 5.41) is 20.3. The third kappa shape index (κ3) is 5.66. The van der Waals surface area contributed by atoms with Crippen LogP contribution in [0.1, 0.15) is 18.3 Å². The number of nitrogens with zero attached hydrogens (tertiary/aromatic N) is 2. The summed E-state index contributed by atoms with van der Waals surface area (Å²) >= 11 is 2.01. The largest absolute Gasteiger partial charge is 0.490 e. The van der Waals surface area contributed by atoms with Gasteiger partial charge < -0.3 is 24.3 Å². The smallest absolute Gasteiger partial charge is 0.395 e. The number of aromatic amines is 1. The maximum Gasteiger partial charge on any atom is 0.395 e. The van der Waals surface area contributed by atoms with E-state index in [1.165, 1.54) is 13.2 Å². The van der Waals surface area contributed by atoms with E-state index in [-0.39, 0.29) is 12.4 Å². The molecule has 0 aliphatic carbocycles. The molecule has 1 heterocycles. The van der Waals surface area contributed by atoms with Crippen LogP contribution in [0.5, 0.6) is 17.4 Å². The van der Waals surface area contributed by atoms with E-state index in [9.17, 15) is 24.8 Å². The Kier molecular flexibility index (Phi) is 7.52. The Morgan fingerprint density at radius 3 is 2.69 bits per heavy atom. The van der Waals surface area contributed by atoms with Crippen molar-refractivity contribution in [3.05, 3.63) is 47.6 Å². The van der Waals surface area contributed by atoms with Crippen molar-refractivity contribution in [3.63, 3.8) is 0 Å². The minimum atomic E-state index is -1.07. The number of rotatable bonds is 8. The first kappa shape index (κ1) is 22.1. The fraction of sp³-hybridized carbons (Fsp3) is 0.235. The lowest BCUT2D eigenvalue weighted by molar-refractivity contribution is -0.387. The van der Waals surface area contributed by atoms with Gasteiger partial charge in [-0.15, -0.1) is 0 Å². The van der Waals surface area contributed by atoms with Crippen molar-refractivity contribution in [2.24, 2.45) is 0 Å². The van der Waals surface area contributed by atoms with E-state index in [1.807, 2.05) is 22.6 Å². The van der Waals surface area contributed by atoms with E-state index in [2.05, 4.69) is 14.7 Å². The SMILES string of the molecule is CCOc1cc(/C=C\c2nc(O)c([N+](=O)[O-])c(=O)[nH]2)cc(I)c1OCC(=O)OC. The van der Waals surface area contributed by atoms with E-state index in [0.717, 1.165) is 0 Å². The molecule has 11 nitrogen and oxygen atoms in total. The highest BCUT2D eigenvalue weighted by Gasteiger charge is 2.21. The quantitative estimate of drug-likeness (QED) is 0.232. The minimum Gasteiger partial charge on any atom is -0.490 e. The van der Waals surface area contributed by atoms with Gasteiger partial charge in [0.15, 0.2) is 18.1 Å². The van der Waals surface area contributed by atoms with E-state index >= 15 is 0 Å². The van der Waals surface area contributed by atoms with Crippen molar-refractivity contribution in [1.82, 2.24) is 9.97 Å². The number of carbonyl (C=O) groups is 1. The molecule has 0 atom stereocenters. The second-order valence-electron chi connectivity index (χ2n) is 5.34. The maximum absolute atomic E-state index is 11.7. The number of carbonyl (C=O) groups excluding carboxylic acids is 1. The molecule has 0 aliphatic heterocycles. The number of hydrogen-bond donors (Lipinski definition) is 2. The summed E-state index contributed by atoms with van der Waals surface area (Å²) in [7, 11) is 1.25. The van der Waals surface area contributed by atoms with Gasteiger partial charge in [0.1, 0.15) is 5.82 Å². The zero-order chi connectivity index (χ0) is 21.6. The van der Waals surface area contributed by atoms with Crippen LogP contribution in [-0.4, -0.2) is 46.3 Å². The molecule has 0 aliphatic rings. The van der Waals surface area contributed by atoms with Gasteiger partial charge >= 0.3 is 17.2 Å². The van der Waals surface area contributed by atoms with Crippen LogP contribution in [0, 0.1) is 13.7 Å². The molecule has 2 rings (SSSR count). The van der Waals surface area contributed by atoms with Crippen LogP contribution in [0.3, 0.4) is 0 Å². The van der Waals surface area contributed by atoms with Gasteiger partial charge in [-0.1, -0.05) is 6.08 Å². The number of esters is 1. The van der Waals surface area contributed by atoms with Gasteiger partial charge in [0.05, 0.1) is 22.2 Å². The van der Waals surface area contributed by atoms with Crippen LogP contribution in [-0.2, 0) is 9.53 Å². The summed E-state index contributed by atoms with van der Waals surface area (Å²) in [6.07, 6.45) is 2.92. The van der Waals surface area contributed by atoms with Crippen LogP contribution in [0.4, 0.5) is 5.69 Å². The molecule has 0 fully saturated rings. The summed E-state index contributed by atoms with van der Waals surface area (Å²) in [5.41, 5.74) is -1.47. The van der Waals surface area contributed by atoms with Crippen molar-refractivity contribution < 1.29 is 29.0 Å². The molecule has 0 radical (unpaired) electrons. The van der Waals surface area contributed by atoms with E-state index in [4.69, 9.17) is 9.47 Å². The van der Waals surface area contributed by atoms with Gasteiger partial charge in [-0.05, 0) is 53.3 Å². The lowest BCUT2D eigenvalue weighted by atomic mass is 10.2. The minimum absolute atomic E-state index is 0.0721. The predicted molar refractivity (Wildman–Crippen MR) is 110 cm³/mol. The number of ether oxygens (including phenoxy) is 3. The lowest BCUT2D eigenvalue weighted by Crippen LogP contribution is -2.14. The van der Waals surface area contributed by atoms with Crippen LogP contribution < -0.4 is 15.0 Å². The van der Waals surface area contributed by atoms with E-state index in [1.54, 1.807) is 25.1 Å². The third-order valence-corrected chi connectivity index (χ3v) is 4.21. The van der Waals surface area contributed by atoms with Gasteiger partial charge in [-0.3, -0.25) is 14.9 Å². The molecule has 2 N–H and O–H groups in total. The average Bonchev–Trinajstić information content (AvgIpc) is 2.64. The molecule has 0 unspecified atom stereocenters. The summed E-state index contributed by atoms with van der Waals surface area (Å²) in [4.78, 5) is 38.5. The Morgan fingerprint density at radius 1 is 1.38 bits per heavy atom. The van der Waals surface area contributed by atoms with E-state index in [0.29, 0.717) is 27.2 Å². The molecular formula is C17H16IN3O8. The molecule has 0 saturated heterocycles. The number of H-pyrrole nitrogens is 1. The Labute approximate surface area is 177 Å². The second kappa shape index (κ2) is 9.86. The molecule has 1 aromatic carbocycles. The molecular weight excluding hydrogens is 501 g/mol. The van der Waals surface area contributed by atoms with E-state index < -0.39 is 28.0 Å². The Bertz CT molecular complexity index is 1020. The van der Waals surface area contributed by atoms with Crippen LogP contribution >= 0.6 is 22.6 Å². The fourth-order valence-corrected chi connectivity index (χ4v) is 2.95. The first-order chi connectivity index (χ1) is 13.8. The highest BCUT2D eigenvalue weighted by atomic mass is 127. The Morgan fingerprint density at radius 2 is 2.10 bits per heavy atom. The van der Waals surface area contributed by atoms with Crippen molar-refractivity contribution in [1.29, 1.82) is 0 Å². The number of nitrogens with one attached hydrogen (secondary N) is 1.